The van der Waals surface area contributed by atoms with Crippen molar-refractivity contribution < 1.29 is 9.47 Å². The van der Waals surface area contributed by atoms with Crippen molar-refractivity contribution in [3.63, 3.8) is 0 Å². The molecule has 3 heteroatoms. The van der Waals surface area contributed by atoms with E-state index in [1.165, 1.54) is 3.57 Å². The predicted molar refractivity (Wildman–Crippen MR) is 71.7 cm³/mol. The lowest BCUT2D eigenvalue weighted by molar-refractivity contribution is 0.205. The van der Waals surface area contributed by atoms with Crippen molar-refractivity contribution in [2.45, 2.75) is 19.6 Å². The Kier molecular flexibility index (Phi) is 3.53. The molecule has 0 aliphatic carbocycles. The molecule has 0 spiro atoms. The molecule has 1 aromatic carbocycles. The summed E-state index contributed by atoms with van der Waals surface area (Å²) in [4.78, 5) is 0. The van der Waals surface area contributed by atoms with Crippen LogP contribution in [-0.4, -0.2) is 6.10 Å². The molecule has 84 valence electrons. The van der Waals surface area contributed by atoms with Crippen LogP contribution >= 0.6 is 22.6 Å². The molecule has 0 N–H and O–H groups in total. The van der Waals surface area contributed by atoms with Crippen molar-refractivity contribution in [1.29, 1.82) is 0 Å². The molecule has 0 saturated carbocycles. The zero-order valence-electron chi connectivity index (χ0n) is 9.07. The highest BCUT2D eigenvalue weighted by Crippen LogP contribution is 2.31. The van der Waals surface area contributed by atoms with Gasteiger partial charge in [0.05, 0.1) is 0 Å². The first kappa shape index (κ1) is 11.5. The molecule has 0 bridgehead atoms. The molecule has 0 radical (unpaired) electrons. The third-order valence-electron chi connectivity index (χ3n) is 2.35. The Balaban J connectivity index is 1.97. The summed E-state index contributed by atoms with van der Waals surface area (Å²) in [6.07, 6.45) is 1.88. The van der Waals surface area contributed by atoms with Gasteiger partial charge in [-0.05, 0) is 53.3 Å². The number of hydrogen-bond acceptors (Lipinski definition) is 2. The molecule has 1 saturated heterocycles. The second kappa shape index (κ2) is 4.91. The van der Waals surface area contributed by atoms with Crippen LogP contribution in [0.5, 0.6) is 0 Å². The van der Waals surface area contributed by atoms with Crippen LogP contribution in [0.2, 0.25) is 0 Å². The third-order valence-corrected chi connectivity index (χ3v) is 3.07. The summed E-state index contributed by atoms with van der Waals surface area (Å²) in [6.45, 7) is 6.27. The van der Waals surface area contributed by atoms with Gasteiger partial charge in [0.1, 0.15) is 6.61 Å². The Hall–Kier alpha value is -0.970. The second-order valence-corrected chi connectivity index (χ2v) is 4.85. The molecule has 1 atom stereocenters. The monoisotopic (exact) mass is 328 g/mol. The minimum atomic E-state index is 0.185. The zero-order valence-corrected chi connectivity index (χ0v) is 11.2. The smallest absolute Gasteiger partial charge is 0.179 e. The Bertz CT molecular complexity index is 420. The SMILES string of the molecule is C=CC(OCc1ccc(I)cc1)=C1O[C@@H]1C. The summed E-state index contributed by atoms with van der Waals surface area (Å²) in [5.74, 6) is 1.66. The van der Waals surface area contributed by atoms with Crippen LogP contribution in [0.4, 0.5) is 0 Å². The summed E-state index contributed by atoms with van der Waals surface area (Å²) in [5.41, 5.74) is 1.15. The van der Waals surface area contributed by atoms with Gasteiger partial charge < -0.3 is 9.47 Å². The summed E-state index contributed by atoms with van der Waals surface area (Å²) < 4.78 is 12.1. The van der Waals surface area contributed by atoms with E-state index in [0.717, 1.165) is 17.1 Å². The van der Waals surface area contributed by atoms with Crippen molar-refractivity contribution in [1.82, 2.24) is 0 Å². The average molecular weight is 328 g/mol. The van der Waals surface area contributed by atoms with Gasteiger partial charge in [-0.3, -0.25) is 0 Å². The van der Waals surface area contributed by atoms with Crippen LogP contribution in [0, 0.1) is 3.57 Å². The fraction of sp³-hybridized carbons (Fsp3) is 0.231. The number of rotatable bonds is 4. The fourth-order valence-corrected chi connectivity index (χ4v) is 1.75. The van der Waals surface area contributed by atoms with E-state index < -0.39 is 0 Å². The van der Waals surface area contributed by atoms with Crippen molar-refractivity contribution >= 4 is 22.6 Å². The number of halogens is 1. The highest BCUT2D eigenvalue weighted by atomic mass is 127. The van der Waals surface area contributed by atoms with Crippen LogP contribution in [0.3, 0.4) is 0 Å². The Labute approximate surface area is 109 Å². The van der Waals surface area contributed by atoms with Crippen molar-refractivity contribution in [2.75, 3.05) is 0 Å². The topological polar surface area (TPSA) is 21.8 Å². The van der Waals surface area contributed by atoms with Crippen LogP contribution in [0.1, 0.15) is 12.5 Å². The normalized spacial score (nSPS) is 21.0. The molecule has 1 aliphatic rings. The van der Waals surface area contributed by atoms with Gasteiger partial charge in [-0.15, -0.1) is 0 Å². The summed E-state index contributed by atoms with van der Waals surface area (Å²) >= 11 is 2.28. The molecule has 1 heterocycles. The molecule has 0 aromatic heterocycles. The van der Waals surface area contributed by atoms with Gasteiger partial charge in [0.2, 0.25) is 0 Å². The lowest BCUT2D eigenvalue weighted by Gasteiger charge is -2.05. The predicted octanol–water partition coefficient (Wildman–Crippen LogP) is 3.62. The Morgan fingerprint density at radius 3 is 2.62 bits per heavy atom. The van der Waals surface area contributed by atoms with E-state index in [-0.39, 0.29) is 6.10 Å². The van der Waals surface area contributed by atoms with Crippen LogP contribution < -0.4 is 0 Å². The number of hydrogen-bond donors (Lipinski definition) is 0. The van der Waals surface area contributed by atoms with E-state index >= 15 is 0 Å². The lowest BCUT2D eigenvalue weighted by atomic mass is 10.2. The van der Waals surface area contributed by atoms with Gasteiger partial charge in [0.25, 0.3) is 0 Å². The molecule has 0 amide bonds. The van der Waals surface area contributed by atoms with Crippen molar-refractivity contribution in [3.8, 4) is 0 Å². The minimum absolute atomic E-state index is 0.185. The van der Waals surface area contributed by atoms with Gasteiger partial charge in [0.15, 0.2) is 17.6 Å². The number of ether oxygens (including phenoxy) is 2. The van der Waals surface area contributed by atoms with Crippen LogP contribution in [-0.2, 0) is 16.1 Å². The number of epoxide rings is 1. The first-order chi connectivity index (χ1) is 7.70. The highest BCUT2D eigenvalue weighted by molar-refractivity contribution is 14.1. The lowest BCUT2D eigenvalue weighted by Crippen LogP contribution is -1.92. The minimum Gasteiger partial charge on any atom is -0.485 e. The maximum absolute atomic E-state index is 5.65. The van der Waals surface area contributed by atoms with Crippen LogP contribution in [0.15, 0.2) is 48.4 Å². The van der Waals surface area contributed by atoms with Gasteiger partial charge in [-0.2, -0.15) is 0 Å². The van der Waals surface area contributed by atoms with E-state index in [2.05, 4.69) is 53.4 Å². The van der Waals surface area contributed by atoms with Crippen molar-refractivity contribution in [2.24, 2.45) is 0 Å². The van der Waals surface area contributed by atoms with Gasteiger partial charge in [-0.25, -0.2) is 0 Å². The van der Waals surface area contributed by atoms with E-state index in [4.69, 9.17) is 9.47 Å². The standard InChI is InChI=1S/C13H13IO2/c1-3-12(13-9(2)16-13)15-8-10-4-6-11(14)7-5-10/h3-7,9H,1,8H2,2H3/t9-/m1/s1. The largest absolute Gasteiger partial charge is 0.485 e. The number of benzene rings is 1. The van der Waals surface area contributed by atoms with E-state index in [9.17, 15) is 0 Å². The Morgan fingerprint density at radius 1 is 1.50 bits per heavy atom. The maximum Gasteiger partial charge on any atom is 0.179 e. The van der Waals surface area contributed by atoms with Gasteiger partial charge in [-0.1, -0.05) is 18.7 Å². The third kappa shape index (κ3) is 2.78. The van der Waals surface area contributed by atoms with Crippen LogP contribution in [0.25, 0.3) is 0 Å². The molecule has 2 nitrogen and oxygen atoms in total. The molecule has 1 fully saturated rings. The quantitative estimate of drug-likeness (QED) is 0.478. The fourth-order valence-electron chi connectivity index (χ4n) is 1.39. The van der Waals surface area contributed by atoms with E-state index in [1.54, 1.807) is 6.08 Å². The molecule has 16 heavy (non-hydrogen) atoms. The molecule has 1 aliphatic heterocycles. The first-order valence-corrected chi connectivity index (χ1v) is 6.19. The molecule has 2 rings (SSSR count). The van der Waals surface area contributed by atoms with E-state index in [0.29, 0.717) is 6.61 Å². The van der Waals surface area contributed by atoms with E-state index in [1.807, 2.05) is 6.92 Å². The maximum atomic E-state index is 5.65. The summed E-state index contributed by atoms with van der Waals surface area (Å²) in [5, 5.41) is 0. The first-order valence-electron chi connectivity index (χ1n) is 5.11. The molecular weight excluding hydrogens is 315 g/mol. The summed E-state index contributed by atoms with van der Waals surface area (Å²) in [6, 6.07) is 8.25. The number of allylic oxidation sites excluding steroid dienone is 1. The molecule has 0 unspecified atom stereocenters. The Morgan fingerprint density at radius 2 is 2.12 bits per heavy atom. The van der Waals surface area contributed by atoms with Gasteiger partial charge in [0, 0.05) is 3.57 Å². The van der Waals surface area contributed by atoms with Gasteiger partial charge >= 0.3 is 0 Å². The highest BCUT2D eigenvalue weighted by Gasteiger charge is 2.31. The second-order valence-electron chi connectivity index (χ2n) is 3.61. The van der Waals surface area contributed by atoms with Crippen molar-refractivity contribution in [3.05, 3.63) is 57.6 Å². The molecule has 1 aromatic rings. The molecular formula is C13H13IO2. The average Bonchev–Trinajstić information content (AvgIpc) is 2.99. The zero-order chi connectivity index (χ0) is 11.5. The summed E-state index contributed by atoms with van der Waals surface area (Å²) in [7, 11) is 0.